The molecule has 0 amide bonds. The number of nitrogens with one attached hydrogen (secondary N) is 1. The Morgan fingerprint density at radius 1 is 1.64 bits per heavy atom. The maximum absolute atomic E-state index is 3.80. The first-order chi connectivity index (χ1) is 6.77. The van der Waals surface area contributed by atoms with E-state index in [4.69, 9.17) is 0 Å². The summed E-state index contributed by atoms with van der Waals surface area (Å²) in [5.41, 5.74) is 0. The van der Waals surface area contributed by atoms with Crippen molar-refractivity contribution in [1.82, 2.24) is 10.2 Å². The molecule has 0 aliphatic carbocycles. The number of hydrogen-bond donors (Lipinski definition) is 1. The van der Waals surface area contributed by atoms with Crippen LogP contribution in [0.1, 0.15) is 26.7 Å². The van der Waals surface area contributed by atoms with Gasteiger partial charge >= 0.3 is 0 Å². The highest BCUT2D eigenvalue weighted by Crippen LogP contribution is 2.19. The van der Waals surface area contributed by atoms with Gasteiger partial charge in [0.15, 0.2) is 0 Å². The van der Waals surface area contributed by atoms with Crippen molar-refractivity contribution >= 4 is 0 Å². The second-order valence-corrected chi connectivity index (χ2v) is 4.30. The van der Waals surface area contributed by atoms with Gasteiger partial charge in [0.25, 0.3) is 0 Å². The van der Waals surface area contributed by atoms with Crippen molar-refractivity contribution in [2.24, 2.45) is 5.92 Å². The molecule has 1 N–H and O–H groups in total. The Bertz CT molecular complexity index is 168. The van der Waals surface area contributed by atoms with Gasteiger partial charge in [-0.1, -0.05) is 13.0 Å². The van der Waals surface area contributed by atoms with Gasteiger partial charge in [0.1, 0.15) is 0 Å². The van der Waals surface area contributed by atoms with Crippen molar-refractivity contribution in [3.8, 4) is 0 Å². The van der Waals surface area contributed by atoms with Crippen LogP contribution in [0.4, 0.5) is 0 Å². The highest BCUT2D eigenvalue weighted by molar-refractivity contribution is 4.83. The fraction of sp³-hybridized carbons (Fsp3) is 0.833. The summed E-state index contributed by atoms with van der Waals surface area (Å²) in [5, 5.41) is 3.53. The third-order valence-electron chi connectivity index (χ3n) is 3.16. The Hall–Kier alpha value is -0.340. The van der Waals surface area contributed by atoms with Crippen LogP contribution in [0, 0.1) is 5.92 Å². The van der Waals surface area contributed by atoms with Crippen molar-refractivity contribution in [3.63, 3.8) is 0 Å². The number of rotatable bonds is 5. The lowest BCUT2D eigenvalue weighted by molar-refractivity contribution is 0.165. The molecule has 0 aromatic rings. The molecule has 1 saturated heterocycles. The van der Waals surface area contributed by atoms with Crippen molar-refractivity contribution in [2.45, 2.75) is 32.7 Å². The number of likely N-dealkylation sites (tertiary alicyclic amines) is 1. The molecule has 0 saturated carbocycles. The number of nitrogens with zero attached hydrogens (tertiary/aromatic N) is 1. The maximum atomic E-state index is 3.80. The van der Waals surface area contributed by atoms with Crippen LogP contribution >= 0.6 is 0 Å². The zero-order valence-corrected chi connectivity index (χ0v) is 9.63. The van der Waals surface area contributed by atoms with Crippen LogP contribution in [0.3, 0.4) is 0 Å². The largest absolute Gasteiger partial charge is 0.314 e. The highest BCUT2D eigenvalue weighted by atomic mass is 15.1. The number of piperidine rings is 1. The molecule has 1 aliphatic heterocycles. The van der Waals surface area contributed by atoms with Gasteiger partial charge in [-0.2, -0.15) is 0 Å². The molecule has 0 bridgehead atoms. The minimum absolute atomic E-state index is 0.660. The Kier molecular flexibility index (Phi) is 5.20. The molecule has 1 aliphatic rings. The molecule has 82 valence electrons. The van der Waals surface area contributed by atoms with Crippen LogP contribution in [0.5, 0.6) is 0 Å². The first-order valence-electron chi connectivity index (χ1n) is 5.84. The van der Waals surface area contributed by atoms with Gasteiger partial charge in [-0.3, -0.25) is 4.90 Å². The molecule has 2 atom stereocenters. The molecule has 0 spiro atoms. The van der Waals surface area contributed by atoms with Crippen LogP contribution in [0.2, 0.25) is 0 Å². The molecule has 2 nitrogen and oxygen atoms in total. The van der Waals surface area contributed by atoms with Crippen LogP contribution < -0.4 is 5.32 Å². The SMILES string of the molecule is C=CCN1CCCC(C(C)NCC)C1. The average molecular weight is 196 g/mol. The van der Waals surface area contributed by atoms with Crippen molar-refractivity contribution in [3.05, 3.63) is 12.7 Å². The average Bonchev–Trinajstić information content (AvgIpc) is 2.19. The van der Waals surface area contributed by atoms with Crippen LogP contribution in [0.15, 0.2) is 12.7 Å². The Morgan fingerprint density at radius 2 is 2.43 bits per heavy atom. The van der Waals surface area contributed by atoms with E-state index in [1.807, 2.05) is 6.08 Å². The van der Waals surface area contributed by atoms with E-state index >= 15 is 0 Å². The number of hydrogen-bond acceptors (Lipinski definition) is 2. The summed E-state index contributed by atoms with van der Waals surface area (Å²) in [4.78, 5) is 2.51. The van der Waals surface area contributed by atoms with Gasteiger partial charge in [0.2, 0.25) is 0 Å². The summed E-state index contributed by atoms with van der Waals surface area (Å²) in [6, 6.07) is 0.660. The third kappa shape index (κ3) is 3.43. The standard InChI is InChI=1S/C12H24N2/c1-4-8-14-9-6-7-12(10-14)11(3)13-5-2/h4,11-13H,1,5-10H2,2-3H3. The second kappa shape index (κ2) is 6.20. The smallest absolute Gasteiger partial charge is 0.0160 e. The van der Waals surface area contributed by atoms with Gasteiger partial charge < -0.3 is 5.32 Å². The fourth-order valence-electron chi connectivity index (χ4n) is 2.34. The Balaban J connectivity index is 2.34. The van der Waals surface area contributed by atoms with Crippen molar-refractivity contribution < 1.29 is 0 Å². The normalized spacial score (nSPS) is 26.0. The van der Waals surface area contributed by atoms with Gasteiger partial charge in [-0.25, -0.2) is 0 Å². The minimum atomic E-state index is 0.660. The summed E-state index contributed by atoms with van der Waals surface area (Å²) < 4.78 is 0. The van der Waals surface area contributed by atoms with Gasteiger partial charge in [0.05, 0.1) is 0 Å². The predicted molar refractivity (Wildman–Crippen MR) is 62.5 cm³/mol. The van der Waals surface area contributed by atoms with E-state index in [-0.39, 0.29) is 0 Å². The molecule has 1 rings (SSSR count). The van der Waals surface area contributed by atoms with E-state index in [9.17, 15) is 0 Å². The molecule has 2 unspecified atom stereocenters. The Labute approximate surface area is 88.4 Å². The lowest BCUT2D eigenvalue weighted by atomic mass is 9.91. The van der Waals surface area contributed by atoms with Crippen molar-refractivity contribution in [1.29, 1.82) is 0 Å². The van der Waals surface area contributed by atoms with E-state index in [0.717, 1.165) is 19.0 Å². The quantitative estimate of drug-likeness (QED) is 0.675. The van der Waals surface area contributed by atoms with Gasteiger partial charge in [-0.05, 0) is 38.8 Å². The van der Waals surface area contributed by atoms with Crippen LogP contribution in [-0.4, -0.2) is 37.1 Å². The summed E-state index contributed by atoms with van der Waals surface area (Å²) in [5.74, 6) is 0.823. The summed E-state index contributed by atoms with van der Waals surface area (Å²) in [6.45, 7) is 12.9. The topological polar surface area (TPSA) is 15.3 Å². The van der Waals surface area contributed by atoms with E-state index in [1.54, 1.807) is 0 Å². The minimum Gasteiger partial charge on any atom is -0.314 e. The summed E-state index contributed by atoms with van der Waals surface area (Å²) in [6.07, 6.45) is 4.73. The van der Waals surface area contributed by atoms with Crippen LogP contribution in [0.25, 0.3) is 0 Å². The first kappa shape index (κ1) is 11.7. The summed E-state index contributed by atoms with van der Waals surface area (Å²) >= 11 is 0. The second-order valence-electron chi connectivity index (χ2n) is 4.30. The zero-order chi connectivity index (χ0) is 10.4. The predicted octanol–water partition coefficient (Wildman–Crippen LogP) is 1.88. The molecular weight excluding hydrogens is 172 g/mol. The summed E-state index contributed by atoms with van der Waals surface area (Å²) in [7, 11) is 0. The monoisotopic (exact) mass is 196 g/mol. The molecule has 1 heterocycles. The highest BCUT2D eigenvalue weighted by Gasteiger charge is 2.23. The molecule has 0 aromatic carbocycles. The molecule has 0 aromatic heterocycles. The van der Waals surface area contributed by atoms with Crippen molar-refractivity contribution in [2.75, 3.05) is 26.2 Å². The van der Waals surface area contributed by atoms with E-state index in [1.165, 1.54) is 25.9 Å². The Morgan fingerprint density at radius 3 is 3.07 bits per heavy atom. The third-order valence-corrected chi connectivity index (χ3v) is 3.16. The van der Waals surface area contributed by atoms with Crippen LogP contribution in [-0.2, 0) is 0 Å². The zero-order valence-electron chi connectivity index (χ0n) is 9.63. The fourth-order valence-corrected chi connectivity index (χ4v) is 2.34. The lowest BCUT2D eigenvalue weighted by Gasteiger charge is -2.35. The molecule has 14 heavy (non-hydrogen) atoms. The lowest BCUT2D eigenvalue weighted by Crippen LogP contribution is -2.44. The van der Waals surface area contributed by atoms with Gasteiger partial charge in [0, 0.05) is 19.1 Å². The molecule has 1 fully saturated rings. The van der Waals surface area contributed by atoms with Gasteiger partial charge in [-0.15, -0.1) is 6.58 Å². The van der Waals surface area contributed by atoms with E-state index < -0.39 is 0 Å². The first-order valence-corrected chi connectivity index (χ1v) is 5.84. The van der Waals surface area contributed by atoms with E-state index in [2.05, 4.69) is 30.6 Å². The maximum Gasteiger partial charge on any atom is 0.0160 e. The van der Waals surface area contributed by atoms with E-state index in [0.29, 0.717) is 6.04 Å². The molecular formula is C12H24N2. The molecule has 0 radical (unpaired) electrons. The molecule has 2 heteroatoms.